The zero-order chi connectivity index (χ0) is 9.56. The third-order valence-corrected chi connectivity index (χ3v) is 1.76. The van der Waals surface area contributed by atoms with Gasteiger partial charge in [-0.2, -0.15) is 0 Å². The summed E-state index contributed by atoms with van der Waals surface area (Å²) in [6.45, 7) is 0.263. The summed E-state index contributed by atoms with van der Waals surface area (Å²) in [5, 5.41) is 1.84. The standard InChI is InChI=1S/C6H9Cl2NO3/c1-12-4(10)2-3-9-5(7)6(8)11/h5,9H,2-3H2,1H3. The largest absolute Gasteiger partial charge is 0.469 e. The molecule has 0 aliphatic rings. The van der Waals surface area contributed by atoms with E-state index in [0.29, 0.717) is 0 Å². The summed E-state index contributed by atoms with van der Waals surface area (Å²) in [5.74, 6) is -0.367. The molecule has 0 aromatic rings. The molecule has 70 valence electrons. The lowest BCUT2D eigenvalue weighted by atomic mass is 10.4. The summed E-state index contributed by atoms with van der Waals surface area (Å²) >= 11 is 10.4. The molecule has 0 aliphatic heterocycles. The lowest BCUT2D eigenvalue weighted by molar-refractivity contribution is -0.140. The summed E-state index contributed by atoms with van der Waals surface area (Å²) < 4.78 is 4.35. The average Bonchev–Trinajstić information content (AvgIpc) is 2.03. The van der Waals surface area contributed by atoms with Gasteiger partial charge in [-0.05, 0) is 11.6 Å². The van der Waals surface area contributed by atoms with Gasteiger partial charge in [0, 0.05) is 6.54 Å². The molecule has 0 aliphatic carbocycles. The quantitative estimate of drug-likeness (QED) is 0.313. The predicted octanol–water partition coefficient (Wildman–Crippen LogP) is 0.469. The molecule has 0 amide bonds. The third-order valence-electron chi connectivity index (χ3n) is 1.08. The highest BCUT2D eigenvalue weighted by Gasteiger charge is 2.11. The Balaban J connectivity index is 3.43. The summed E-state index contributed by atoms with van der Waals surface area (Å²) in [7, 11) is 1.28. The van der Waals surface area contributed by atoms with Crippen LogP contribution in [0.1, 0.15) is 6.42 Å². The van der Waals surface area contributed by atoms with E-state index >= 15 is 0 Å². The van der Waals surface area contributed by atoms with E-state index in [1.54, 1.807) is 0 Å². The number of alkyl halides is 1. The van der Waals surface area contributed by atoms with E-state index in [9.17, 15) is 9.59 Å². The number of nitrogens with one attached hydrogen (secondary N) is 1. The summed E-state index contributed by atoms with van der Waals surface area (Å²) in [6, 6.07) is 0. The van der Waals surface area contributed by atoms with Crippen molar-refractivity contribution in [1.29, 1.82) is 0 Å². The van der Waals surface area contributed by atoms with E-state index in [0.717, 1.165) is 0 Å². The first kappa shape index (κ1) is 11.7. The van der Waals surface area contributed by atoms with Crippen LogP contribution in [0.5, 0.6) is 0 Å². The highest BCUT2D eigenvalue weighted by Crippen LogP contribution is 1.96. The van der Waals surface area contributed by atoms with Gasteiger partial charge in [-0.3, -0.25) is 14.9 Å². The average molecular weight is 214 g/mol. The molecule has 0 radical (unpaired) electrons. The lowest BCUT2D eigenvalue weighted by Gasteiger charge is -2.05. The molecule has 4 nitrogen and oxygen atoms in total. The molecule has 12 heavy (non-hydrogen) atoms. The van der Waals surface area contributed by atoms with Gasteiger partial charge in [0.2, 0.25) is 0 Å². The Hall–Kier alpha value is -0.320. The van der Waals surface area contributed by atoms with Crippen molar-refractivity contribution in [1.82, 2.24) is 5.32 Å². The van der Waals surface area contributed by atoms with Gasteiger partial charge in [0.25, 0.3) is 5.24 Å². The molecule has 0 rings (SSSR count). The van der Waals surface area contributed by atoms with Crippen LogP contribution in [-0.2, 0) is 14.3 Å². The van der Waals surface area contributed by atoms with Crippen molar-refractivity contribution in [3.05, 3.63) is 0 Å². The van der Waals surface area contributed by atoms with Crippen molar-refractivity contribution in [3.8, 4) is 0 Å². The van der Waals surface area contributed by atoms with E-state index in [-0.39, 0.29) is 18.9 Å². The van der Waals surface area contributed by atoms with Gasteiger partial charge in [0.05, 0.1) is 13.5 Å². The molecule has 0 heterocycles. The van der Waals surface area contributed by atoms with E-state index < -0.39 is 10.7 Å². The Bertz CT molecular complexity index is 174. The molecule has 0 aromatic carbocycles. The van der Waals surface area contributed by atoms with E-state index in [4.69, 9.17) is 23.2 Å². The minimum absolute atomic E-state index is 0.157. The van der Waals surface area contributed by atoms with Gasteiger partial charge in [-0.25, -0.2) is 0 Å². The number of hydrogen-bond donors (Lipinski definition) is 1. The van der Waals surface area contributed by atoms with Crippen molar-refractivity contribution in [2.24, 2.45) is 0 Å². The number of hydrogen-bond acceptors (Lipinski definition) is 4. The number of esters is 1. The summed E-state index contributed by atoms with van der Waals surface area (Å²) in [6.07, 6.45) is 0.157. The normalized spacial score (nSPS) is 12.2. The molecule has 0 aromatic heterocycles. The van der Waals surface area contributed by atoms with Crippen molar-refractivity contribution in [2.75, 3.05) is 13.7 Å². The number of carbonyl (C=O) groups is 2. The van der Waals surface area contributed by atoms with E-state index in [1.165, 1.54) is 7.11 Å². The van der Waals surface area contributed by atoms with Crippen LogP contribution < -0.4 is 5.32 Å². The number of methoxy groups -OCH3 is 1. The molecule has 0 saturated carbocycles. The molecule has 1 atom stereocenters. The summed E-state index contributed by atoms with van der Waals surface area (Å²) in [4.78, 5) is 20.9. The monoisotopic (exact) mass is 213 g/mol. The number of carbonyl (C=O) groups excluding carboxylic acids is 2. The Labute approximate surface area is 80.2 Å². The maximum atomic E-state index is 10.5. The van der Waals surface area contributed by atoms with Crippen LogP contribution >= 0.6 is 23.2 Å². The highest BCUT2D eigenvalue weighted by atomic mass is 35.5. The van der Waals surface area contributed by atoms with Crippen molar-refractivity contribution < 1.29 is 14.3 Å². The fourth-order valence-corrected chi connectivity index (χ4v) is 0.670. The van der Waals surface area contributed by atoms with Gasteiger partial charge in [-0.15, -0.1) is 0 Å². The van der Waals surface area contributed by atoms with Crippen LogP contribution in [0.25, 0.3) is 0 Å². The zero-order valence-electron chi connectivity index (χ0n) is 6.47. The highest BCUT2D eigenvalue weighted by molar-refractivity contribution is 6.69. The Morgan fingerprint density at radius 2 is 2.17 bits per heavy atom. The minimum Gasteiger partial charge on any atom is -0.469 e. The molecule has 0 saturated heterocycles. The van der Waals surface area contributed by atoms with Crippen LogP contribution in [0.15, 0.2) is 0 Å². The second kappa shape index (κ2) is 6.22. The second-order valence-corrected chi connectivity index (χ2v) is 2.76. The molecule has 0 bridgehead atoms. The van der Waals surface area contributed by atoms with Crippen LogP contribution in [0.4, 0.5) is 0 Å². The lowest BCUT2D eigenvalue weighted by Crippen LogP contribution is -2.30. The Kier molecular flexibility index (Phi) is 6.06. The van der Waals surface area contributed by atoms with E-state index in [1.807, 2.05) is 0 Å². The van der Waals surface area contributed by atoms with Crippen molar-refractivity contribution >= 4 is 34.4 Å². The fourth-order valence-electron chi connectivity index (χ4n) is 0.483. The van der Waals surface area contributed by atoms with Gasteiger partial charge >= 0.3 is 5.97 Å². The molecule has 0 spiro atoms. The maximum Gasteiger partial charge on any atom is 0.306 e. The van der Waals surface area contributed by atoms with Crippen LogP contribution in [-0.4, -0.2) is 30.4 Å². The smallest absolute Gasteiger partial charge is 0.306 e. The number of rotatable bonds is 5. The van der Waals surface area contributed by atoms with Crippen molar-refractivity contribution in [3.63, 3.8) is 0 Å². The van der Waals surface area contributed by atoms with Crippen LogP contribution in [0.2, 0.25) is 0 Å². The molecule has 6 heteroatoms. The zero-order valence-corrected chi connectivity index (χ0v) is 7.98. The van der Waals surface area contributed by atoms with Gasteiger partial charge < -0.3 is 4.74 Å². The van der Waals surface area contributed by atoms with Crippen LogP contribution in [0.3, 0.4) is 0 Å². The first-order valence-corrected chi connectivity index (χ1v) is 4.03. The minimum atomic E-state index is -0.948. The van der Waals surface area contributed by atoms with Crippen molar-refractivity contribution in [2.45, 2.75) is 11.9 Å². The first-order valence-electron chi connectivity index (χ1n) is 3.21. The van der Waals surface area contributed by atoms with Gasteiger partial charge in [0.1, 0.15) is 0 Å². The molecule has 0 fully saturated rings. The Morgan fingerprint density at radius 3 is 2.58 bits per heavy atom. The second-order valence-electron chi connectivity index (χ2n) is 1.95. The molecular formula is C6H9Cl2NO3. The summed E-state index contributed by atoms with van der Waals surface area (Å²) in [5.41, 5.74) is -0.948. The fraction of sp³-hybridized carbons (Fsp3) is 0.667. The maximum absolute atomic E-state index is 10.5. The number of ether oxygens (including phenoxy) is 1. The first-order chi connectivity index (χ1) is 5.57. The van der Waals surface area contributed by atoms with Crippen LogP contribution in [0, 0.1) is 0 Å². The molecule has 1 unspecified atom stereocenters. The third kappa shape index (κ3) is 5.35. The SMILES string of the molecule is COC(=O)CCNC(Cl)C(=O)Cl. The number of halogens is 2. The predicted molar refractivity (Wildman–Crippen MR) is 45.1 cm³/mol. The van der Waals surface area contributed by atoms with Gasteiger partial charge in [-0.1, -0.05) is 11.6 Å². The molecular weight excluding hydrogens is 205 g/mol. The topological polar surface area (TPSA) is 55.4 Å². The van der Waals surface area contributed by atoms with Gasteiger partial charge in [0.15, 0.2) is 5.50 Å². The molecule has 1 N–H and O–H groups in total. The Morgan fingerprint density at radius 1 is 1.58 bits per heavy atom. The van der Waals surface area contributed by atoms with E-state index in [2.05, 4.69) is 10.1 Å².